The van der Waals surface area contributed by atoms with Gasteiger partial charge in [-0.05, 0) is 12.0 Å². The number of benzene rings is 1. The van der Waals surface area contributed by atoms with Crippen LogP contribution in [0.15, 0.2) is 36.5 Å². The summed E-state index contributed by atoms with van der Waals surface area (Å²) in [6.07, 6.45) is 3.07. The van der Waals surface area contributed by atoms with E-state index in [1.807, 2.05) is 6.20 Å². The number of anilines is 1. The first-order valence-electron chi connectivity index (χ1n) is 8.59. The zero-order chi connectivity index (χ0) is 16.6. The van der Waals surface area contributed by atoms with Crippen LogP contribution in [0.25, 0.3) is 0 Å². The molecule has 0 saturated carbocycles. The first-order chi connectivity index (χ1) is 11.8. The van der Waals surface area contributed by atoms with E-state index in [1.165, 1.54) is 10.4 Å². The molecule has 0 spiro atoms. The van der Waals surface area contributed by atoms with E-state index in [0.717, 1.165) is 57.5 Å². The maximum Gasteiger partial charge on any atom is 0.185 e. The lowest BCUT2D eigenvalue weighted by Gasteiger charge is -2.26. The first kappa shape index (κ1) is 20.1. The van der Waals surface area contributed by atoms with E-state index in [1.54, 1.807) is 11.3 Å². The molecule has 2 aromatic rings. The number of nitrogens with zero attached hydrogens (tertiary/aromatic N) is 3. The van der Waals surface area contributed by atoms with Crippen LogP contribution >= 0.6 is 23.7 Å². The summed E-state index contributed by atoms with van der Waals surface area (Å²) in [5, 5.41) is 1.11. The van der Waals surface area contributed by atoms with Crippen LogP contribution in [-0.4, -0.2) is 55.8 Å². The van der Waals surface area contributed by atoms with Crippen molar-refractivity contribution in [1.82, 2.24) is 9.88 Å². The normalized spacial score (nSPS) is 14.6. The number of rotatable bonds is 8. The minimum absolute atomic E-state index is 0. The number of hydrogen-bond donors (Lipinski definition) is 1. The van der Waals surface area contributed by atoms with Crippen molar-refractivity contribution >= 4 is 28.9 Å². The highest BCUT2D eigenvalue weighted by atomic mass is 35.5. The average Bonchev–Trinajstić information content (AvgIpc) is 3.10. The molecule has 1 fully saturated rings. The van der Waals surface area contributed by atoms with Gasteiger partial charge in [-0.15, -0.1) is 23.7 Å². The average molecular weight is 383 g/mol. The molecule has 1 aliphatic rings. The summed E-state index contributed by atoms with van der Waals surface area (Å²) < 4.78 is 5.41. The van der Waals surface area contributed by atoms with E-state index in [-0.39, 0.29) is 12.4 Å². The summed E-state index contributed by atoms with van der Waals surface area (Å²) in [5.74, 6) is 0. The maximum absolute atomic E-state index is 5.80. The number of aromatic nitrogens is 1. The quantitative estimate of drug-likeness (QED) is 0.759. The summed E-state index contributed by atoms with van der Waals surface area (Å²) in [6.45, 7) is 7.01. The second-order valence-electron chi connectivity index (χ2n) is 6.01. The molecule has 2 N–H and O–H groups in total. The van der Waals surface area contributed by atoms with Crippen molar-refractivity contribution in [3.63, 3.8) is 0 Å². The minimum Gasteiger partial charge on any atom is -0.378 e. The van der Waals surface area contributed by atoms with Crippen molar-refractivity contribution in [2.75, 3.05) is 50.8 Å². The smallest absolute Gasteiger partial charge is 0.185 e. The van der Waals surface area contributed by atoms with Crippen LogP contribution in [0.5, 0.6) is 0 Å². The molecular formula is C18H27ClN4OS. The lowest BCUT2D eigenvalue weighted by molar-refractivity contribution is 0.122. The minimum atomic E-state index is 0. The third kappa shape index (κ3) is 6.24. The number of hydrogen-bond acceptors (Lipinski definition) is 6. The van der Waals surface area contributed by atoms with Crippen LogP contribution in [0.4, 0.5) is 5.13 Å². The molecule has 1 aromatic carbocycles. The van der Waals surface area contributed by atoms with Gasteiger partial charge in [-0.25, -0.2) is 4.98 Å². The Morgan fingerprint density at radius 3 is 2.64 bits per heavy atom. The highest BCUT2D eigenvalue weighted by Gasteiger charge is 2.15. The molecule has 5 nitrogen and oxygen atoms in total. The van der Waals surface area contributed by atoms with Crippen LogP contribution in [0.3, 0.4) is 0 Å². The van der Waals surface area contributed by atoms with Crippen molar-refractivity contribution in [2.45, 2.75) is 13.0 Å². The lowest BCUT2D eigenvalue weighted by Crippen LogP contribution is -2.36. The molecule has 0 atom stereocenters. The number of nitrogens with two attached hydrogens (primary N) is 1. The van der Waals surface area contributed by atoms with Crippen molar-refractivity contribution in [3.05, 3.63) is 47.0 Å². The summed E-state index contributed by atoms with van der Waals surface area (Å²) in [4.78, 5) is 10.6. The van der Waals surface area contributed by atoms with Gasteiger partial charge in [0.2, 0.25) is 0 Å². The van der Waals surface area contributed by atoms with Gasteiger partial charge in [-0.2, -0.15) is 0 Å². The van der Waals surface area contributed by atoms with Gasteiger partial charge >= 0.3 is 0 Å². The number of morpholine rings is 1. The van der Waals surface area contributed by atoms with E-state index < -0.39 is 0 Å². The van der Waals surface area contributed by atoms with E-state index >= 15 is 0 Å². The third-order valence-corrected chi connectivity index (χ3v) is 5.25. The highest BCUT2D eigenvalue weighted by Crippen LogP contribution is 2.24. The van der Waals surface area contributed by atoms with Gasteiger partial charge in [0.15, 0.2) is 5.13 Å². The molecule has 0 amide bonds. The predicted molar refractivity (Wildman–Crippen MR) is 107 cm³/mol. The van der Waals surface area contributed by atoms with Gasteiger partial charge in [-0.3, -0.25) is 4.90 Å². The van der Waals surface area contributed by atoms with Gasteiger partial charge in [0.25, 0.3) is 0 Å². The first-order valence-corrected chi connectivity index (χ1v) is 9.40. The molecule has 7 heteroatoms. The fraction of sp³-hybridized carbons (Fsp3) is 0.500. The summed E-state index contributed by atoms with van der Waals surface area (Å²) in [7, 11) is 0. The lowest BCUT2D eigenvalue weighted by atomic mass is 10.1. The Morgan fingerprint density at radius 1 is 1.16 bits per heavy atom. The van der Waals surface area contributed by atoms with Gasteiger partial charge in [0.05, 0.1) is 13.2 Å². The van der Waals surface area contributed by atoms with Gasteiger partial charge in [0, 0.05) is 50.3 Å². The number of halogens is 1. The van der Waals surface area contributed by atoms with Crippen molar-refractivity contribution in [1.29, 1.82) is 0 Å². The Morgan fingerprint density at radius 2 is 1.92 bits per heavy atom. The Labute approximate surface area is 160 Å². The summed E-state index contributed by atoms with van der Waals surface area (Å²) in [6, 6.07) is 10.6. The van der Waals surface area contributed by atoms with Crippen LogP contribution in [0, 0.1) is 0 Å². The molecule has 0 radical (unpaired) electrons. The molecule has 0 aliphatic carbocycles. The van der Waals surface area contributed by atoms with Gasteiger partial charge < -0.3 is 15.4 Å². The second-order valence-corrected chi connectivity index (χ2v) is 7.10. The monoisotopic (exact) mass is 382 g/mol. The highest BCUT2D eigenvalue weighted by molar-refractivity contribution is 7.15. The molecule has 3 rings (SSSR count). The molecule has 0 bridgehead atoms. The fourth-order valence-electron chi connectivity index (χ4n) is 2.88. The van der Waals surface area contributed by atoms with Crippen LogP contribution < -0.4 is 10.6 Å². The van der Waals surface area contributed by atoms with Crippen molar-refractivity contribution < 1.29 is 4.74 Å². The topological polar surface area (TPSA) is 54.6 Å². The summed E-state index contributed by atoms with van der Waals surface area (Å²) in [5.41, 5.74) is 7.17. The third-order valence-electron chi connectivity index (χ3n) is 4.21. The zero-order valence-corrected chi connectivity index (χ0v) is 16.1. The molecule has 1 aromatic heterocycles. The molecule has 0 unspecified atom stereocenters. The van der Waals surface area contributed by atoms with E-state index in [0.29, 0.717) is 6.54 Å². The zero-order valence-electron chi connectivity index (χ0n) is 14.5. The molecule has 1 saturated heterocycles. The standard InChI is InChI=1S/C18H26N4OS.ClH/c19-7-9-21(8-6-16-4-2-1-3-5-16)15-17-14-20-18(24-17)22-10-12-23-13-11-22;/h1-5,14H,6-13,15,19H2;1H. The molecule has 138 valence electrons. The molecular weight excluding hydrogens is 356 g/mol. The fourth-order valence-corrected chi connectivity index (χ4v) is 3.88. The molecule has 1 aliphatic heterocycles. The molecule has 2 heterocycles. The number of ether oxygens (including phenoxy) is 1. The van der Waals surface area contributed by atoms with Crippen molar-refractivity contribution in [3.8, 4) is 0 Å². The Kier molecular flexibility index (Phi) is 8.64. The molecule has 25 heavy (non-hydrogen) atoms. The Balaban J connectivity index is 0.00000225. The summed E-state index contributed by atoms with van der Waals surface area (Å²) >= 11 is 1.79. The van der Waals surface area contributed by atoms with E-state index in [2.05, 4.69) is 45.1 Å². The SMILES string of the molecule is Cl.NCCN(CCc1ccccc1)Cc1cnc(N2CCOCC2)s1. The van der Waals surface area contributed by atoms with Gasteiger partial charge in [0.1, 0.15) is 0 Å². The largest absolute Gasteiger partial charge is 0.378 e. The van der Waals surface area contributed by atoms with Crippen LogP contribution in [-0.2, 0) is 17.7 Å². The van der Waals surface area contributed by atoms with E-state index in [4.69, 9.17) is 10.5 Å². The maximum atomic E-state index is 5.80. The van der Waals surface area contributed by atoms with Gasteiger partial charge in [-0.1, -0.05) is 30.3 Å². The van der Waals surface area contributed by atoms with Crippen molar-refractivity contribution in [2.24, 2.45) is 5.73 Å². The van der Waals surface area contributed by atoms with Crippen LogP contribution in [0.1, 0.15) is 10.4 Å². The van der Waals surface area contributed by atoms with Crippen LogP contribution in [0.2, 0.25) is 0 Å². The number of thiazole rings is 1. The Hall–Kier alpha value is -1.18. The Bertz CT molecular complexity index is 604. The van der Waals surface area contributed by atoms with E-state index in [9.17, 15) is 0 Å². The second kappa shape index (κ2) is 10.7. The predicted octanol–water partition coefficient (Wildman–Crippen LogP) is 2.40.